The molecular formula is C11H15N3O2. The first kappa shape index (κ1) is 12.4. The number of aliphatic hydroxyl groups is 1. The lowest BCUT2D eigenvalue weighted by atomic mass is 10.1. The van der Waals surface area contributed by atoms with Gasteiger partial charge in [-0.1, -0.05) is 24.2 Å². The van der Waals surface area contributed by atoms with Crippen molar-refractivity contribution in [1.82, 2.24) is 0 Å². The van der Waals surface area contributed by atoms with Gasteiger partial charge in [0.1, 0.15) is 5.75 Å². The molecule has 86 valence electrons. The van der Waals surface area contributed by atoms with Crippen molar-refractivity contribution < 1.29 is 9.84 Å². The van der Waals surface area contributed by atoms with Crippen molar-refractivity contribution in [3.05, 3.63) is 40.3 Å². The van der Waals surface area contributed by atoms with Crippen LogP contribution in [-0.4, -0.2) is 18.3 Å². The first-order chi connectivity index (χ1) is 7.77. The van der Waals surface area contributed by atoms with E-state index in [-0.39, 0.29) is 6.54 Å². The Bertz CT molecular complexity index is 358. The Morgan fingerprint density at radius 1 is 1.44 bits per heavy atom. The predicted molar refractivity (Wildman–Crippen MR) is 61.2 cm³/mol. The minimum atomic E-state index is -0.754. The van der Waals surface area contributed by atoms with Crippen molar-refractivity contribution in [2.24, 2.45) is 5.11 Å². The van der Waals surface area contributed by atoms with Gasteiger partial charge in [-0.25, -0.2) is 0 Å². The molecule has 5 heteroatoms. The van der Waals surface area contributed by atoms with Crippen molar-refractivity contribution in [2.75, 3.05) is 13.2 Å². The van der Waals surface area contributed by atoms with Gasteiger partial charge in [-0.05, 0) is 29.6 Å². The summed E-state index contributed by atoms with van der Waals surface area (Å²) in [6, 6.07) is 7.12. The summed E-state index contributed by atoms with van der Waals surface area (Å²) in [5.74, 6) is 0.779. The van der Waals surface area contributed by atoms with Gasteiger partial charge in [-0.3, -0.25) is 0 Å². The Balaban J connectivity index is 2.59. The Kier molecular flexibility index (Phi) is 5.19. The summed E-state index contributed by atoms with van der Waals surface area (Å²) in [6.07, 6.45) is 0.206. The number of rotatable bonds is 6. The van der Waals surface area contributed by atoms with Gasteiger partial charge < -0.3 is 9.84 Å². The third-order valence-corrected chi connectivity index (χ3v) is 2.06. The maximum Gasteiger partial charge on any atom is 0.119 e. The van der Waals surface area contributed by atoms with Crippen molar-refractivity contribution >= 4 is 0 Å². The highest BCUT2D eigenvalue weighted by molar-refractivity contribution is 5.28. The van der Waals surface area contributed by atoms with Gasteiger partial charge >= 0.3 is 0 Å². The van der Waals surface area contributed by atoms with Crippen LogP contribution in [0.2, 0.25) is 0 Å². The summed E-state index contributed by atoms with van der Waals surface area (Å²) in [4.78, 5) is 2.60. The Hall–Kier alpha value is -1.71. The molecule has 1 aromatic carbocycles. The number of aliphatic hydroxyl groups excluding tert-OH is 1. The average Bonchev–Trinajstić information content (AvgIpc) is 2.34. The fraction of sp³-hybridized carbons (Fsp3) is 0.455. The lowest BCUT2D eigenvalue weighted by molar-refractivity contribution is 0.186. The first-order valence-corrected chi connectivity index (χ1v) is 5.19. The molecule has 1 aromatic rings. The van der Waals surface area contributed by atoms with Gasteiger partial charge in [-0.15, -0.1) is 0 Å². The van der Waals surface area contributed by atoms with E-state index in [9.17, 15) is 5.11 Å². The monoisotopic (exact) mass is 221 g/mol. The lowest BCUT2D eigenvalue weighted by Gasteiger charge is -2.09. The summed E-state index contributed by atoms with van der Waals surface area (Å²) in [6.45, 7) is 2.77. The minimum absolute atomic E-state index is 0.0473. The van der Waals surface area contributed by atoms with Crippen LogP contribution in [0.25, 0.3) is 10.4 Å². The van der Waals surface area contributed by atoms with Crippen LogP contribution >= 0.6 is 0 Å². The molecule has 1 unspecified atom stereocenters. The number of azide groups is 1. The van der Waals surface area contributed by atoms with Gasteiger partial charge in [0.05, 0.1) is 19.3 Å². The zero-order chi connectivity index (χ0) is 11.8. The molecule has 0 saturated heterocycles. The quantitative estimate of drug-likeness (QED) is 0.455. The van der Waals surface area contributed by atoms with Crippen LogP contribution in [0.1, 0.15) is 25.0 Å². The van der Waals surface area contributed by atoms with E-state index in [1.54, 1.807) is 24.3 Å². The Morgan fingerprint density at radius 3 is 2.69 bits per heavy atom. The maximum atomic E-state index is 9.61. The molecule has 0 radical (unpaired) electrons. The van der Waals surface area contributed by atoms with E-state index in [1.165, 1.54) is 0 Å². The summed E-state index contributed by atoms with van der Waals surface area (Å²) in [5.41, 5.74) is 8.85. The van der Waals surface area contributed by atoms with Gasteiger partial charge in [-0.2, -0.15) is 0 Å². The van der Waals surface area contributed by atoms with E-state index in [1.807, 2.05) is 6.92 Å². The van der Waals surface area contributed by atoms with Crippen LogP contribution in [0.15, 0.2) is 29.4 Å². The molecule has 1 N–H and O–H groups in total. The van der Waals surface area contributed by atoms with Crippen molar-refractivity contribution in [2.45, 2.75) is 19.4 Å². The summed E-state index contributed by atoms with van der Waals surface area (Å²) in [7, 11) is 0. The molecule has 0 aromatic heterocycles. The molecule has 0 amide bonds. The predicted octanol–water partition coefficient (Wildman–Crippen LogP) is 2.82. The number of hydrogen-bond acceptors (Lipinski definition) is 3. The third-order valence-electron chi connectivity index (χ3n) is 2.06. The zero-order valence-electron chi connectivity index (χ0n) is 9.21. The first-order valence-electron chi connectivity index (χ1n) is 5.19. The molecule has 0 fully saturated rings. The average molecular weight is 221 g/mol. The van der Waals surface area contributed by atoms with Gasteiger partial charge in [0.15, 0.2) is 0 Å². The lowest BCUT2D eigenvalue weighted by Crippen LogP contribution is -2.01. The second kappa shape index (κ2) is 6.71. The van der Waals surface area contributed by atoms with Gasteiger partial charge in [0.2, 0.25) is 0 Å². The number of hydrogen-bond donors (Lipinski definition) is 1. The second-order valence-electron chi connectivity index (χ2n) is 3.35. The third kappa shape index (κ3) is 3.81. The summed E-state index contributed by atoms with van der Waals surface area (Å²) in [5, 5.41) is 12.9. The van der Waals surface area contributed by atoms with Gasteiger partial charge in [0.25, 0.3) is 0 Å². The van der Waals surface area contributed by atoms with Crippen LogP contribution < -0.4 is 4.74 Å². The number of ether oxygens (including phenoxy) is 1. The molecule has 1 rings (SSSR count). The molecule has 16 heavy (non-hydrogen) atoms. The van der Waals surface area contributed by atoms with E-state index >= 15 is 0 Å². The fourth-order valence-corrected chi connectivity index (χ4v) is 1.23. The zero-order valence-corrected chi connectivity index (χ0v) is 9.21. The molecule has 0 aliphatic rings. The molecule has 0 aliphatic carbocycles. The standard InChI is InChI=1S/C11H15N3O2/c1-2-7-16-10-5-3-9(4-6-10)11(15)8-13-14-12/h3-6,11,15H,2,7-8H2,1H3. The van der Waals surface area contributed by atoms with Gasteiger partial charge in [0, 0.05) is 4.91 Å². The molecular weight excluding hydrogens is 206 g/mol. The van der Waals surface area contributed by atoms with E-state index < -0.39 is 6.10 Å². The Labute approximate surface area is 94.3 Å². The van der Waals surface area contributed by atoms with Crippen molar-refractivity contribution in [3.8, 4) is 5.75 Å². The van der Waals surface area contributed by atoms with Crippen molar-refractivity contribution in [1.29, 1.82) is 0 Å². The highest BCUT2D eigenvalue weighted by Gasteiger charge is 2.05. The molecule has 0 bridgehead atoms. The smallest absolute Gasteiger partial charge is 0.119 e. The van der Waals surface area contributed by atoms with E-state index in [0.717, 1.165) is 17.7 Å². The minimum Gasteiger partial charge on any atom is -0.494 e. The fourth-order valence-electron chi connectivity index (χ4n) is 1.23. The molecule has 0 aliphatic heterocycles. The van der Waals surface area contributed by atoms with E-state index in [4.69, 9.17) is 10.3 Å². The molecule has 0 saturated carbocycles. The van der Waals surface area contributed by atoms with E-state index in [2.05, 4.69) is 10.0 Å². The van der Waals surface area contributed by atoms with Crippen LogP contribution in [0.3, 0.4) is 0 Å². The van der Waals surface area contributed by atoms with Crippen LogP contribution in [0, 0.1) is 0 Å². The van der Waals surface area contributed by atoms with Crippen LogP contribution in [-0.2, 0) is 0 Å². The highest BCUT2D eigenvalue weighted by Crippen LogP contribution is 2.18. The van der Waals surface area contributed by atoms with Crippen LogP contribution in [0.4, 0.5) is 0 Å². The Morgan fingerprint density at radius 2 is 2.12 bits per heavy atom. The van der Waals surface area contributed by atoms with Crippen molar-refractivity contribution in [3.63, 3.8) is 0 Å². The normalized spacial score (nSPS) is 11.6. The molecule has 1 atom stereocenters. The topological polar surface area (TPSA) is 78.2 Å². The van der Waals surface area contributed by atoms with Crippen LogP contribution in [0.5, 0.6) is 5.75 Å². The SMILES string of the molecule is CCCOc1ccc(C(O)CN=[N+]=[N-])cc1. The number of benzene rings is 1. The largest absolute Gasteiger partial charge is 0.494 e. The second-order valence-corrected chi connectivity index (χ2v) is 3.35. The molecule has 0 spiro atoms. The summed E-state index contributed by atoms with van der Waals surface area (Å²) >= 11 is 0. The number of nitrogens with zero attached hydrogens (tertiary/aromatic N) is 3. The summed E-state index contributed by atoms with van der Waals surface area (Å²) < 4.78 is 5.41. The van der Waals surface area contributed by atoms with E-state index in [0.29, 0.717) is 6.61 Å². The highest BCUT2D eigenvalue weighted by atomic mass is 16.5. The molecule has 0 heterocycles. The maximum absolute atomic E-state index is 9.61. The molecule has 5 nitrogen and oxygen atoms in total.